The minimum Gasteiger partial charge on any atom is -0.369 e. The predicted molar refractivity (Wildman–Crippen MR) is 64.0 cm³/mol. The first-order valence-corrected chi connectivity index (χ1v) is 5.79. The van der Waals surface area contributed by atoms with Gasteiger partial charge in [-0.1, -0.05) is 22.0 Å². The number of anilines is 1. The first kappa shape index (κ1) is 9.99. The lowest BCUT2D eigenvalue weighted by atomic mass is 10.1. The number of hydrogen-bond donors (Lipinski definition) is 1. The highest BCUT2D eigenvalue weighted by atomic mass is 79.9. The topological polar surface area (TPSA) is 15.3 Å². The van der Waals surface area contributed by atoms with Crippen molar-refractivity contribution >= 4 is 21.6 Å². The van der Waals surface area contributed by atoms with E-state index in [0.29, 0.717) is 0 Å². The molecule has 1 saturated heterocycles. The molecule has 0 saturated carbocycles. The summed E-state index contributed by atoms with van der Waals surface area (Å²) in [7, 11) is 0. The summed E-state index contributed by atoms with van der Waals surface area (Å²) >= 11 is 3.57. The maximum absolute atomic E-state index is 3.57. The largest absolute Gasteiger partial charge is 0.369 e. The lowest BCUT2D eigenvalue weighted by molar-refractivity contribution is 0.588. The summed E-state index contributed by atoms with van der Waals surface area (Å²) in [5.41, 5.74) is 2.70. The van der Waals surface area contributed by atoms with E-state index in [2.05, 4.69) is 51.3 Å². The van der Waals surface area contributed by atoms with Crippen molar-refractivity contribution in [2.45, 2.75) is 6.92 Å². The van der Waals surface area contributed by atoms with Crippen molar-refractivity contribution in [2.75, 3.05) is 31.1 Å². The molecule has 0 bridgehead atoms. The van der Waals surface area contributed by atoms with E-state index in [1.54, 1.807) is 0 Å². The van der Waals surface area contributed by atoms with Crippen molar-refractivity contribution in [1.82, 2.24) is 5.32 Å². The predicted octanol–water partition coefficient (Wildman–Crippen LogP) is 2.17. The highest BCUT2D eigenvalue weighted by Crippen LogP contribution is 2.26. The van der Waals surface area contributed by atoms with Crippen LogP contribution in [0.3, 0.4) is 0 Å². The molecule has 0 amide bonds. The second-order valence-corrected chi connectivity index (χ2v) is 4.48. The van der Waals surface area contributed by atoms with Gasteiger partial charge in [0.25, 0.3) is 0 Å². The van der Waals surface area contributed by atoms with Gasteiger partial charge < -0.3 is 10.2 Å². The summed E-state index contributed by atoms with van der Waals surface area (Å²) in [6, 6.07) is 6.40. The third-order valence-electron chi connectivity index (χ3n) is 2.70. The fourth-order valence-electron chi connectivity index (χ4n) is 1.84. The van der Waals surface area contributed by atoms with Crippen molar-refractivity contribution < 1.29 is 0 Å². The van der Waals surface area contributed by atoms with E-state index < -0.39 is 0 Å². The van der Waals surface area contributed by atoms with Gasteiger partial charge in [0, 0.05) is 36.3 Å². The summed E-state index contributed by atoms with van der Waals surface area (Å²) < 4.78 is 1.20. The van der Waals surface area contributed by atoms with Crippen LogP contribution >= 0.6 is 15.9 Å². The molecular formula is C11H15BrN2. The van der Waals surface area contributed by atoms with Crippen LogP contribution in [0.2, 0.25) is 0 Å². The average Bonchev–Trinajstić information content (AvgIpc) is 2.23. The fraction of sp³-hybridized carbons (Fsp3) is 0.455. The fourth-order valence-corrected chi connectivity index (χ4v) is 2.20. The standard InChI is InChI=1S/C11H15BrN2/c1-9-10(12)3-2-4-11(9)14-7-5-13-6-8-14/h2-4,13H,5-8H2,1H3. The van der Waals surface area contributed by atoms with E-state index in [1.165, 1.54) is 15.7 Å². The monoisotopic (exact) mass is 254 g/mol. The van der Waals surface area contributed by atoms with Crippen LogP contribution in [0.1, 0.15) is 5.56 Å². The number of benzene rings is 1. The Morgan fingerprint density at radius 1 is 1.29 bits per heavy atom. The van der Waals surface area contributed by atoms with Gasteiger partial charge in [-0.15, -0.1) is 0 Å². The van der Waals surface area contributed by atoms with Gasteiger partial charge in [0.2, 0.25) is 0 Å². The Morgan fingerprint density at radius 2 is 2.00 bits per heavy atom. The maximum atomic E-state index is 3.57. The number of halogens is 1. The Morgan fingerprint density at radius 3 is 2.71 bits per heavy atom. The smallest absolute Gasteiger partial charge is 0.0408 e. The van der Waals surface area contributed by atoms with Crippen LogP contribution in [0.4, 0.5) is 5.69 Å². The molecule has 1 aliphatic heterocycles. The van der Waals surface area contributed by atoms with Crippen molar-refractivity contribution in [1.29, 1.82) is 0 Å². The van der Waals surface area contributed by atoms with Gasteiger partial charge in [0.1, 0.15) is 0 Å². The number of rotatable bonds is 1. The Balaban J connectivity index is 2.26. The van der Waals surface area contributed by atoms with Gasteiger partial charge in [-0.2, -0.15) is 0 Å². The van der Waals surface area contributed by atoms with Crippen molar-refractivity contribution in [3.05, 3.63) is 28.2 Å². The second-order valence-electron chi connectivity index (χ2n) is 3.62. The summed E-state index contributed by atoms with van der Waals surface area (Å²) in [6.45, 7) is 6.56. The Bertz CT molecular complexity index is 319. The Labute approximate surface area is 93.4 Å². The van der Waals surface area contributed by atoms with Crippen LogP contribution in [0.5, 0.6) is 0 Å². The molecule has 0 unspecified atom stereocenters. The average molecular weight is 255 g/mol. The van der Waals surface area contributed by atoms with Crippen molar-refractivity contribution in [3.8, 4) is 0 Å². The molecule has 0 atom stereocenters. The third kappa shape index (κ3) is 1.93. The molecule has 14 heavy (non-hydrogen) atoms. The molecule has 3 heteroatoms. The van der Waals surface area contributed by atoms with Gasteiger partial charge >= 0.3 is 0 Å². The van der Waals surface area contributed by atoms with Gasteiger partial charge in [0.05, 0.1) is 0 Å². The quantitative estimate of drug-likeness (QED) is 0.827. The van der Waals surface area contributed by atoms with Crippen LogP contribution in [0, 0.1) is 6.92 Å². The lowest BCUT2D eigenvalue weighted by Gasteiger charge is -2.30. The second kappa shape index (κ2) is 4.32. The molecule has 0 aliphatic carbocycles. The van der Waals surface area contributed by atoms with Crippen LogP contribution in [0.15, 0.2) is 22.7 Å². The highest BCUT2D eigenvalue weighted by Gasteiger charge is 2.12. The third-order valence-corrected chi connectivity index (χ3v) is 3.56. The van der Waals surface area contributed by atoms with Gasteiger partial charge in [-0.05, 0) is 24.6 Å². The molecule has 1 aromatic carbocycles. The number of hydrogen-bond acceptors (Lipinski definition) is 2. The van der Waals surface area contributed by atoms with Crippen LogP contribution < -0.4 is 10.2 Å². The summed E-state index contributed by atoms with van der Waals surface area (Å²) in [5, 5.41) is 3.37. The molecule has 0 spiro atoms. The van der Waals surface area contributed by atoms with E-state index in [1.807, 2.05) is 0 Å². The van der Waals surface area contributed by atoms with Crippen molar-refractivity contribution in [2.24, 2.45) is 0 Å². The minimum atomic E-state index is 1.09. The molecule has 1 heterocycles. The SMILES string of the molecule is Cc1c(Br)cccc1N1CCNCC1. The molecule has 1 aromatic rings. The van der Waals surface area contributed by atoms with E-state index in [9.17, 15) is 0 Å². The summed E-state index contributed by atoms with van der Waals surface area (Å²) in [5.74, 6) is 0. The van der Waals surface area contributed by atoms with Crippen molar-refractivity contribution in [3.63, 3.8) is 0 Å². The zero-order valence-electron chi connectivity index (χ0n) is 8.39. The van der Waals surface area contributed by atoms with E-state index >= 15 is 0 Å². The number of nitrogens with zero attached hydrogens (tertiary/aromatic N) is 1. The van der Waals surface area contributed by atoms with Gasteiger partial charge in [-0.3, -0.25) is 0 Å². The highest BCUT2D eigenvalue weighted by molar-refractivity contribution is 9.10. The molecule has 0 radical (unpaired) electrons. The molecule has 1 N–H and O–H groups in total. The zero-order valence-corrected chi connectivity index (χ0v) is 9.97. The van der Waals surface area contributed by atoms with Crippen LogP contribution in [0.25, 0.3) is 0 Å². The first-order valence-electron chi connectivity index (χ1n) is 5.00. The Kier molecular flexibility index (Phi) is 3.08. The van der Waals surface area contributed by atoms with Gasteiger partial charge in [0.15, 0.2) is 0 Å². The molecule has 76 valence electrons. The summed E-state index contributed by atoms with van der Waals surface area (Å²) in [4.78, 5) is 2.44. The molecule has 1 aliphatic rings. The molecule has 0 aromatic heterocycles. The lowest BCUT2D eigenvalue weighted by Crippen LogP contribution is -2.43. The van der Waals surface area contributed by atoms with E-state index in [0.717, 1.165) is 26.2 Å². The molecular weight excluding hydrogens is 240 g/mol. The number of nitrogens with one attached hydrogen (secondary N) is 1. The summed E-state index contributed by atoms with van der Waals surface area (Å²) in [6.07, 6.45) is 0. The van der Waals surface area contributed by atoms with E-state index in [4.69, 9.17) is 0 Å². The number of piperazine rings is 1. The van der Waals surface area contributed by atoms with Crippen LogP contribution in [-0.4, -0.2) is 26.2 Å². The van der Waals surface area contributed by atoms with Gasteiger partial charge in [-0.25, -0.2) is 0 Å². The molecule has 2 rings (SSSR count). The first-order chi connectivity index (χ1) is 6.79. The molecule has 2 nitrogen and oxygen atoms in total. The normalized spacial score (nSPS) is 17.1. The zero-order chi connectivity index (χ0) is 9.97. The maximum Gasteiger partial charge on any atom is 0.0408 e. The van der Waals surface area contributed by atoms with E-state index in [-0.39, 0.29) is 0 Å². The molecule has 1 fully saturated rings. The Hall–Kier alpha value is -0.540. The van der Waals surface area contributed by atoms with Crippen LogP contribution in [-0.2, 0) is 0 Å². The minimum absolute atomic E-state index is 1.09.